The molecular weight excluding hydrogens is 440 g/mol. The molecule has 1 fully saturated rings. The molecule has 0 N–H and O–H groups in total. The van der Waals surface area contributed by atoms with Gasteiger partial charge in [0.15, 0.2) is 0 Å². The van der Waals surface area contributed by atoms with Crippen molar-refractivity contribution in [1.82, 2.24) is 4.90 Å². The predicted molar refractivity (Wildman–Crippen MR) is 115 cm³/mol. The van der Waals surface area contributed by atoms with E-state index >= 15 is 0 Å². The average molecular weight is 459 g/mol. The summed E-state index contributed by atoms with van der Waals surface area (Å²) < 4.78 is 30.0. The van der Waals surface area contributed by atoms with Crippen molar-refractivity contribution in [2.75, 3.05) is 6.54 Å². The van der Waals surface area contributed by atoms with Crippen LogP contribution < -0.4 is 4.18 Å². The molecule has 0 spiro atoms. The third-order valence-corrected chi connectivity index (χ3v) is 7.23. The smallest absolute Gasteiger partial charge is 0.339 e. The molecule has 0 saturated carbocycles. The van der Waals surface area contributed by atoms with Crippen molar-refractivity contribution < 1.29 is 22.3 Å². The van der Waals surface area contributed by atoms with Crippen LogP contribution in [0.15, 0.2) is 70.9 Å². The lowest BCUT2D eigenvalue weighted by molar-refractivity contribution is -0.385. The Morgan fingerprint density at radius 2 is 1.90 bits per heavy atom. The average Bonchev–Trinajstić information content (AvgIpc) is 3.45. The molecule has 0 bridgehead atoms. The number of nitro groups is 1. The highest BCUT2D eigenvalue weighted by Gasteiger charge is 2.31. The summed E-state index contributed by atoms with van der Waals surface area (Å²) in [7, 11) is -4.25. The third-order valence-electron chi connectivity index (χ3n) is 5.01. The summed E-state index contributed by atoms with van der Waals surface area (Å²) in [5.74, 6) is -0.108. The highest BCUT2D eigenvalue weighted by molar-refractivity contribution is 7.87. The van der Waals surface area contributed by atoms with E-state index in [0.29, 0.717) is 12.1 Å². The second-order valence-corrected chi connectivity index (χ2v) is 9.51. The number of likely N-dealkylation sites (tertiary alicyclic amines) is 1. The molecule has 1 unspecified atom stereocenters. The first-order valence-electron chi connectivity index (χ1n) is 9.48. The highest BCUT2D eigenvalue weighted by Crippen LogP contribution is 2.35. The normalized spacial score (nSPS) is 16.3. The summed E-state index contributed by atoms with van der Waals surface area (Å²) in [6.45, 7) is 0.667. The number of non-ortho nitro benzene ring substituents is 1. The summed E-state index contributed by atoms with van der Waals surface area (Å²) in [6.07, 6.45) is 1.84. The van der Waals surface area contributed by atoms with Gasteiger partial charge in [-0.25, -0.2) is 0 Å². The number of hydrogen-bond acceptors (Lipinski definition) is 7. The minimum atomic E-state index is -4.25. The van der Waals surface area contributed by atoms with Crippen LogP contribution in [-0.4, -0.2) is 30.7 Å². The Labute approximate surface area is 183 Å². The topological polar surface area (TPSA) is 107 Å². The van der Waals surface area contributed by atoms with Gasteiger partial charge in [-0.05, 0) is 54.6 Å². The van der Waals surface area contributed by atoms with Gasteiger partial charge in [0.2, 0.25) is 0 Å². The number of carbonyl (C=O) groups excluding carboxylic acids is 1. The fraction of sp³-hybridized carbons (Fsp3) is 0.190. The first-order valence-corrected chi connectivity index (χ1v) is 11.8. The van der Waals surface area contributed by atoms with E-state index in [0.717, 1.165) is 23.8 Å². The Morgan fingerprint density at radius 1 is 1.13 bits per heavy atom. The number of benzene rings is 2. The van der Waals surface area contributed by atoms with E-state index in [1.807, 2.05) is 22.4 Å². The van der Waals surface area contributed by atoms with E-state index in [1.54, 1.807) is 11.3 Å². The molecule has 1 aromatic heterocycles. The zero-order valence-electron chi connectivity index (χ0n) is 16.2. The van der Waals surface area contributed by atoms with Crippen molar-refractivity contribution in [2.45, 2.75) is 23.8 Å². The van der Waals surface area contributed by atoms with Crippen molar-refractivity contribution in [3.8, 4) is 5.75 Å². The molecule has 1 atom stereocenters. The lowest BCUT2D eigenvalue weighted by atomic mass is 10.1. The second kappa shape index (κ2) is 8.48. The standard InChI is InChI=1S/C21H18N2O6S2/c24-21(22-12-2-6-19(22)20-7-3-13-30-20)15-8-10-17(11-9-15)29-31(27,28)18-5-1-4-16(14-18)23(25)26/h1,3-5,7-11,13-14,19H,2,6,12H2. The van der Waals surface area contributed by atoms with Crippen molar-refractivity contribution in [3.05, 3.63) is 86.6 Å². The second-order valence-electron chi connectivity index (χ2n) is 6.99. The van der Waals surface area contributed by atoms with E-state index in [1.165, 1.54) is 42.5 Å². The van der Waals surface area contributed by atoms with Gasteiger partial charge in [-0.1, -0.05) is 12.1 Å². The zero-order chi connectivity index (χ0) is 22.0. The minimum Gasteiger partial charge on any atom is -0.379 e. The Hall–Kier alpha value is -3.24. The number of hydrogen-bond donors (Lipinski definition) is 0. The summed E-state index contributed by atoms with van der Waals surface area (Å²) in [5, 5.41) is 12.9. The molecule has 8 nitrogen and oxygen atoms in total. The maximum Gasteiger partial charge on any atom is 0.339 e. The molecule has 160 valence electrons. The van der Waals surface area contributed by atoms with Gasteiger partial charge in [0.05, 0.1) is 11.0 Å². The number of carbonyl (C=O) groups is 1. The maximum absolute atomic E-state index is 13.0. The van der Waals surface area contributed by atoms with E-state index in [2.05, 4.69) is 0 Å². The predicted octanol–water partition coefficient (Wildman–Crippen LogP) is 4.40. The molecule has 0 radical (unpaired) electrons. The van der Waals surface area contributed by atoms with Gasteiger partial charge in [-0.2, -0.15) is 8.42 Å². The van der Waals surface area contributed by atoms with Crippen molar-refractivity contribution in [3.63, 3.8) is 0 Å². The number of nitrogens with zero attached hydrogens (tertiary/aromatic N) is 2. The molecule has 0 aliphatic carbocycles. The first-order chi connectivity index (χ1) is 14.8. The van der Waals surface area contributed by atoms with Crippen LogP contribution in [0.4, 0.5) is 5.69 Å². The Kier molecular flexibility index (Phi) is 5.75. The molecule has 4 rings (SSSR count). The lowest BCUT2D eigenvalue weighted by Crippen LogP contribution is -2.30. The van der Waals surface area contributed by atoms with Crippen LogP contribution in [0, 0.1) is 10.1 Å². The van der Waals surface area contributed by atoms with Crippen molar-refractivity contribution in [1.29, 1.82) is 0 Å². The van der Waals surface area contributed by atoms with Gasteiger partial charge in [0, 0.05) is 29.1 Å². The molecule has 1 aliphatic heterocycles. The van der Waals surface area contributed by atoms with Crippen LogP contribution in [0.1, 0.15) is 34.1 Å². The lowest BCUT2D eigenvalue weighted by Gasteiger charge is -2.24. The number of thiophene rings is 1. The molecule has 1 aliphatic rings. The fourth-order valence-corrected chi connectivity index (χ4v) is 5.38. The molecule has 2 heterocycles. The quantitative estimate of drug-likeness (QED) is 0.308. The summed E-state index contributed by atoms with van der Waals surface area (Å²) in [6, 6.07) is 14.5. The van der Waals surface area contributed by atoms with Crippen LogP contribution in [0.25, 0.3) is 0 Å². The fourth-order valence-electron chi connectivity index (χ4n) is 3.53. The van der Waals surface area contributed by atoms with E-state index in [9.17, 15) is 23.3 Å². The number of rotatable bonds is 6. The van der Waals surface area contributed by atoms with Gasteiger partial charge < -0.3 is 9.08 Å². The van der Waals surface area contributed by atoms with E-state index < -0.39 is 15.0 Å². The molecule has 3 aromatic rings. The molecular formula is C21H18N2O6S2. The van der Waals surface area contributed by atoms with Gasteiger partial charge >= 0.3 is 10.1 Å². The van der Waals surface area contributed by atoms with Gasteiger partial charge in [-0.15, -0.1) is 11.3 Å². The molecule has 2 aromatic carbocycles. The highest BCUT2D eigenvalue weighted by atomic mass is 32.2. The largest absolute Gasteiger partial charge is 0.379 e. The van der Waals surface area contributed by atoms with Gasteiger partial charge in [0.1, 0.15) is 10.6 Å². The Balaban J connectivity index is 1.50. The van der Waals surface area contributed by atoms with Crippen LogP contribution in [0.5, 0.6) is 5.75 Å². The van der Waals surface area contributed by atoms with E-state index in [-0.39, 0.29) is 28.3 Å². The maximum atomic E-state index is 13.0. The summed E-state index contributed by atoms with van der Waals surface area (Å²) in [4.78, 5) is 25.8. The minimum absolute atomic E-state index is 0.0132. The van der Waals surface area contributed by atoms with Gasteiger partial charge in [-0.3, -0.25) is 14.9 Å². The Bertz CT molecular complexity index is 1210. The van der Waals surface area contributed by atoms with E-state index in [4.69, 9.17) is 4.18 Å². The zero-order valence-corrected chi connectivity index (χ0v) is 17.8. The van der Waals surface area contributed by atoms with Crippen LogP contribution >= 0.6 is 11.3 Å². The molecule has 1 saturated heterocycles. The molecule has 31 heavy (non-hydrogen) atoms. The van der Waals surface area contributed by atoms with Crippen molar-refractivity contribution >= 4 is 33.0 Å². The van der Waals surface area contributed by atoms with Gasteiger partial charge in [0.25, 0.3) is 11.6 Å². The number of amides is 1. The summed E-state index contributed by atoms with van der Waals surface area (Å²) in [5.41, 5.74) is 0.0834. The SMILES string of the molecule is O=C(c1ccc(OS(=O)(=O)c2cccc([N+](=O)[O-])c2)cc1)N1CCCC1c1cccs1. The van der Waals surface area contributed by atoms with Crippen LogP contribution in [0.2, 0.25) is 0 Å². The molecule has 10 heteroatoms. The third kappa shape index (κ3) is 4.44. The van der Waals surface area contributed by atoms with Crippen LogP contribution in [0.3, 0.4) is 0 Å². The molecule has 1 amide bonds. The Morgan fingerprint density at radius 3 is 2.58 bits per heavy atom. The van der Waals surface area contributed by atoms with Crippen LogP contribution in [-0.2, 0) is 10.1 Å². The monoisotopic (exact) mass is 458 g/mol. The summed E-state index contributed by atoms with van der Waals surface area (Å²) >= 11 is 1.62. The van der Waals surface area contributed by atoms with Crippen molar-refractivity contribution in [2.24, 2.45) is 0 Å². The first kappa shape index (κ1) is 21.0. The number of nitro benzene ring substituents is 1.